The van der Waals surface area contributed by atoms with E-state index >= 15 is 0 Å². The van der Waals surface area contributed by atoms with Crippen molar-refractivity contribution in [1.29, 1.82) is 5.26 Å². The van der Waals surface area contributed by atoms with Crippen molar-refractivity contribution in [1.82, 2.24) is 9.97 Å². The third-order valence-electron chi connectivity index (χ3n) is 4.22. The summed E-state index contributed by atoms with van der Waals surface area (Å²) in [5.74, 6) is 1.98. The zero-order valence-electron chi connectivity index (χ0n) is 12.7. The molecule has 5 heteroatoms. The van der Waals surface area contributed by atoms with Crippen molar-refractivity contribution in [3.63, 3.8) is 0 Å². The Morgan fingerprint density at radius 1 is 1.18 bits per heavy atom. The second kappa shape index (κ2) is 6.44. The number of nitriles is 1. The molecule has 0 atom stereocenters. The van der Waals surface area contributed by atoms with E-state index in [9.17, 15) is 0 Å². The van der Waals surface area contributed by atoms with Gasteiger partial charge in [0.05, 0.1) is 5.56 Å². The molecule has 1 aliphatic rings. The SMILES string of the molecule is CN(c1ccccn1)C1CCN(c2ccc(C#N)cn2)CC1. The maximum atomic E-state index is 8.83. The predicted octanol–water partition coefficient (Wildman–Crippen LogP) is 2.45. The van der Waals surface area contributed by atoms with Crippen LogP contribution in [-0.2, 0) is 0 Å². The van der Waals surface area contributed by atoms with Crippen molar-refractivity contribution in [2.75, 3.05) is 29.9 Å². The molecular formula is C17H19N5. The number of hydrogen-bond acceptors (Lipinski definition) is 5. The summed E-state index contributed by atoms with van der Waals surface area (Å²) in [7, 11) is 2.11. The number of hydrogen-bond donors (Lipinski definition) is 0. The average molecular weight is 293 g/mol. The molecular weight excluding hydrogens is 274 g/mol. The van der Waals surface area contributed by atoms with Gasteiger partial charge in [0.1, 0.15) is 17.7 Å². The molecule has 0 unspecified atom stereocenters. The van der Waals surface area contributed by atoms with E-state index in [1.54, 1.807) is 6.20 Å². The average Bonchev–Trinajstić information content (AvgIpc) is 2.62. The highest BCUT2D eigenvalue weighted by molar-refractivity contribution is 5.43. The maximum Gasteiger partial charge on any atom is 0.128 e. The van der Waals surface area contributed by atoms with Gasteiger partial charge < -0.3 is 9.80 Å². The Bertz CT molecular complexity index is 639. The van der Waals surface area contributed by atoms with Gasteiger partial charge in [0, 0.05) is 38.6 Å². The highest BCUT2D eigenvalue weighted by atomic mass is 15.2. The molecule has 0 bridgehead atoms. The molecule has 2 aromatic rings. The molecule has 0 radical (unpaired) electrons. The van der Waals surface area contributed by atoms with Gasteiger partial charge in [-0.1, -0.05) is 6.07 Å². The molecule has 0 spiro atoms. The fraction of sp³-hybridized carbons (Fsp3) is 0.353. The summed E-state index contributed by atoms with van der Waals surface area (Å²) in [6.45, 7) is 1.95. The Morgan fingerprint density at radius 3 is 2.59 bits per heavy atom. The van der Waals surface area contributed by atoms with Gasteiger partial charge in [-0.3, -0.25) is 0 Å². The highest BCUT2D eigenvalue weighted by Crippen LogP contribution is 2.23. The largest absolute Gasteiger partial charge is 0.357 e. The van der Waals surface area contributed by atoms with Gasteiger partial charge in [-0.05, 0) is 37.1 Å². The Balaban J connectivity index is 1.61. The molecule has 3 rings (SSSR count). The van der Waals surface area contributed by atoms with E-state index in [0.29, 0.717) is 11.6 Å². The van der Waals surface area contributed by atoms with E-state index in [-0.39, 0.29) is 0 Å². The van der Waals surface area contributed by atoms with E-state index in [4.69, 9.17) is 5.26 Å². The predicted molar refractivity (Wildman–Crippen MR) is 86.8 cm³/mol. The molecule has 1 aliphatic heterocycles. The summed E-state index contributed by atoms with van der Waals surface area (Å²) in [4.78, 5) is 13.3. The van der Waals surface area contributed by atoms with E-state index in [1.807, 2.05) is 30.5 Å². The lowest BCUT2D eigenvalue weighted by atomic mass is 10.0. The van der Waals surface area contributed by atoms with Crippen molar-refractivity contribution in [3.05, 3.63) is 48.3 Å². The van der Waals surface area contributed by atoms with Crippen molar-refractivity contribution in [2.45, 2.75) is 18.9 Å². The van der Waals surface area contributed by atoms with Gasteiger partial charge >= 0.3 is 0 Å². The van der Waals surface area contributed by atoms with Gasteiger partial charge in [0.25, 0.3) is 0 Å². The van der Waals surface area contributed by atoms with Gasteiger partial charge in [-0.2, -0.15) is 5.26 Å². The van der Waals surface area contributed by atoms with Crippen LogP contribution < -0.4 is 9.80 Å². The zero-order valence-corrected chi connectivity index (χ0v) is 12.7. The maximum absolute atomic E-state index is 8.83. The van der Waals surface area contributed by atoms with Crippen molar-refractivity contribution < 1.29 is 0 Å². The summed E-state index contributed by atoms with van der Waals surface area (Å²) in [5, 5.41) is 8.83. The highest BCUT2D eigenvalue weighted by Gasteiger charge is 2.23. The first-order valence-electron chi connectivity index (χ1n) is 7.53. The molecule has 0 amide bonds. The lowest BCUT2D eigenvalue weighted by Gasteiger charge is -2.37. The monoisotopic (exact) mass is 293 g/mol. The topological polar surface area (TPSA) is 56.1 Å². The number of anilines is 2. The Hall–Kier alpha value is -2.61. The lowest BCUT2D eigenvalue weighted by Crippen LogP contribution is -2.44. The Kier molecular flexibility index (Phi) is 4.19. The Labute approximate surface area is 130 Å². The van der Waals surface area contributed by atoms with E-state index in [1.165, 1.54) is 0 Å². The summed E-state index contributed by atoms with van der Waals surface area (Å²) < 4.78 is 0. The fourth-order valence-corrected chi connectivity index (χ4v) is 2.87. The third-order valence-corrected chi connectivity index (χ3v) is 4.22. The van der Waals surface area contributed by atoms with Crippen molar-refractivity contribution in [3.8, 4) is 6.07 Å². The van der Waals surface area contributed by atoms with Crippen molar-refractivity contribution >= 4 is 11.6 Å². The van der Waals surface area contributed by atoms with Gasteiger partial charge in [0.15, 0.2) is 0 Å². The first kappa shape index (κ1) is 14.3. The molecule has 0 N–H and O–H groups in total. The smallest absolute Gasteiger partial charge is 0.128 e. The van der Waals surface area contributed by atoms with Crippen LogP contribution in [0.25, 0.3) is 0 Å². The first-order chi connectivity index (χ1) is 10.8. The summed E-state index contributed by atoms with van der Waals surface area (Å²) in [6.07, 6.45) is 5.63. The van der Waals surface area contributed by atoms with Crippen LogP contribution in [0.3, 0.4) is 0 Å². The van der Waals surface area contributed by atoms with Crippen molar-refractivity contribution in [2.24, 2.45) is 0 Å². The zero-order chi connectivity index (χ0) is 15.4. The number of pyridine rings is 2. The minimum absolute atomic E-state index is 0.504. The number of nitrogens with zero attached hydrogens (tertiary/aromatic N) is 5. The fourth-order valence-electron chi connectivity index (χ4n) is 2.87. The molecule has 1 fully saturated rings. The molecule has 3 heterocycles. The van der Waals surface area contributed by atoms with Crippen LogP contribution in [0, 0.1) is 11.3 Å². The molecule has 112 valence electrons. The molecule has 0 aliphatic carbocycles. The van der Waals surface area contributed by atoms with E-state index in [0.717, 1.165) is 37.6 Å². The number of rotatable bonds is 3. The van der Waals surface area contributed by atoms with Crippen LogP contribution in [0.1, 0.15) is 18.4 Å². The molecule has 22 heavy (non-hydrogen) atoms. The molecule has 5 nitrogen and oxygen atoms in total. The van der Waals surface area contributed by atoms with Gasteiger partial charge in [-0.25, -0.2) is 9.97 Å². The number of aromatic nitrogens is 2. The first-order valence-corrected chi connectivity index (χ1v) is 7.53. The van der Waals surface area contributed by atoms with Crippen LogP contribution in [0.15, 0.2) is 42.7 Å². The summed E-state index contributed by atoms with van der Waals surface area (Å²) in [6, 6.07) is 12.4. The van der Waals surface area contributed by atoms with E-state index in [2.05, 4.69) is 39.0 Å². The van der Waals surface area contributed by atoms with Gasteiger partial charge in [0.2, 0.25) is 0 Å². The minimum Gasteiger partial charge on any atom is -0.357 e. The minimum atomic E-state index is 0.504. The normalized spacial score (nSPS) is 15.4. The Morgan fingerprint density at radius 2 is 2.00 bits per heavy atom. The summed E-state index contributed by atoms with van der Waals surface area (Å²) in [5.41, 5.74) is 0.605. The lowest BCUT2D eigenvalue weighted by molar-refractivity contribution is 0.478. The second-order valence-electron chi connectivity index (χ2n) is 5.53. The van der Waals surface area contributed by atoms with Crippen LogP contribution in [0.2, 0.25) is 0 Å². The molecule has 1 saturated heterocycles. The van der Waals surface area contributed by atoms with E-state index < -0.39 is 0 Å². The molecule has 0 aromatic carbocycles. The second-order valence-corrected chi connectivity index (χ2v) is 5.53. The van der Waals surface area contributed by atoms with Crippen LogP contribution in [-0.4, -0.2) is 36.1 Å². The molecule has 2 aromatic heterocycles. The van der Waals surface area contributed by atoms with Crippen LogP contribution >= 0.6 is 0 Å². The third kappa shape index (κ3) is 3.01. The molecule has 0 saturated carbocycles. The van der Waals surface area contributed by atoms with Crippen LogP contribution in [0.5, 0.6) is 0 Å². The standard InChI is InChI=1S/C17H19N5/c1-21(16-4-2-3-9-19-16)15-7-10-22(11-8-15)17-6-5-14(12-18)13-20-17/h2-6,9,13,15H,7-8,10-11H2,1H3. The summed E-state index contributed by atoms with van der Waals surface area (Å²) >= 11 is 0. The van der Waals surface area contributed by atoms with Gasteiger partial charge in [-0.15, -0.1) is 0 Å². The quantitative estimate of drug-likeness (QED) is 0.870. The van der Waals surface area contributed by atoms with Crippen LogP contribution in [0.4, 0.5) is 11.6 Å². The number of piperidine rings is 1.